The molecule has 0 saturated carbocycles. The fourth-order valence-corrected chi connectivity index (χ4v) is 2.01. The number of hydrogen-bond donors (Lipinski definition) is 3. The van der Waals surface area contributed by atoms with Gasteiger partial charge in [-0.25, -0.2) is 4.98 Å². The van der Waals surface area contributed by atoms with Crippen molar-refractivity contribution in [3.8, 4) is 0 Å². The third-order valence-corrected chi connectivity index (χ3v) is 3.19. The van der Waals surface area contributed by atoms with E-state index in [4.69, 9.17) is 5.73 Å². The highest BCUT2D eigenvalue weighted by Crippen LogP contribution is 2.27. The van der Waals surface area contributed by atoms with Gasteiger partial charge in [0.1, 0.15) is 5.41 Å². The Balaban J connectivity index is 2.47. The molecule has 0 unspecified atom stereocenters. The van der Waals surface area contributed by atoms with Crippen molar-refractivity contribution in [2.75, 3.05) is 12.3 Å². The summed E-state index contributed by atoms with van der Waals surface area (Å²) in [7, 11) is 0. The Morgan fingerprint density at radius 1 is 1.37 bits per heavy atom. The third-order valence-electron chi connectivity index (χ3n) is 3.19. The molecule has 1 heterocycles. The molecule has 0 saturated heterocycles. The van der Waals surface area contributed by atoms with Crippen molar-refractivity contribution in [3.05, 3.63) is 48.3 Å². The van der Waals surface area contributed by atoms with Gasteiger partial charge in [-0.1, -0.05) is 30.3 Å². The van der Waals surface area contributed by atoms with Crippen molar-refractivity contribution in [2.45, 2.75) is 12.0 Å². The topological polar surface area (TPSA) is 101 Å². The first-order chi connectivity index (χ1) is 9.10. The number of benzene rings is 1. The Hall–Kier alpha value is -2.34. The van der Waals surface area contributed by atoms with E-state index in [0.717, 1.165) is 0 Å². The zero-order valence-corrected chi connectivity index (χ0v) is 10.2. The summed E-state index contributed by atoms with van der Waals surface area (Å²) in [4.78, 5) is 15.5. The molecular formula is C13H15N3O3. The molecule has 0 spiro atoms. The summed E-state index contributed by atoms with van der Waals surface area (Å²) in [6.07, 6.45) is 3.08. The van der Waals surface area contributed by atoms with Gasteiger partial charge < -0.3 is 20.5 Å². The second-order valence-electron chi connectivity index (χ2n) is 4.32. The van der Waals surface area contributed by atoms with Crippen LogP contribution in [0.15, 0.2) is 42.7 Å². The van der Waals surface area contributed by atoms with E-state index in [1.165, 1.54) is 10.8 Å². The summed E-state index contributed by atoms with van der Waals surface area (Å²) < 4.78 is 1.51. The molecule has 0 radical (unpaired) electrons. The number of aliphatic hydroxyl groups is 1. The minimum absolute atomic E-state index is 0.0225. The zero-order valence-electron chi connectivity index (χ0n) is 10.2. The van der Waals surface area contributed by atoms with Crippen molar-refractivity contribution < 1.29 is 15.0 Å². The highest BCUT2D eigenvalue weighted by molar-refractivity contribution is 5.81. The Labute approximate surface area is 110 Å². The molecule has 2 aromatic rings. The second-order valence-corrected chi connectivity index (χ2v) is 4.32. The number of rotatable bonds is 5. The van der Waals surface area contributed by atoms with Crippen LogP contribution in [0.2, 0.25) is 0 Å². The molecule has 1 atom stereocenters. The Bertz CT molecular complexity index is 568. The monoisotopic (exact) mass is 261 g/mol. The van der Waals surface area contributed by atoms with E-state index in [9.17, 15) is 15.0 Å². The molecule has 0 aliphatic rings. The summed E-state index contributed by atoms with van der Waals surface area (Å²) in [5.41, 5.74) is 4.75. The van der Waals surface area contributed by atoms with Crippen LogP contribution in [0.4, 0.5) is 5.95 Å². The van der Waals surface area contributed by atoms with Crippen molar-refractivity contribution >= 4 is 11.9 Å². The van der Waals surface area contributed by atoms with Gasteiger partial charge in [0.2, 0.25) is 0 Å². The molecule has 1 aromatic carbocycles. The number of imidazole rings is 1. The van der Waals surface area contributed by atoms with Crippen LogP contribution in [0.5, 0.6) is 0 Å². The van der Waals surface area contributed by atoms with Crippen molar-refractivity contribution in [1.82, 2.24) is 9.55 Å². The van der Waals surface area contributed by atoms with Gasteiger partial charge in [0.05, 0.1) is 6.61 Å². The van der Waals surface area contributed by atoms with Crippen LogP contribution in [0.3, 0.4) is 0 Å². The average Bonchev–Trinajstić information content (AvgIpc) is 2.82. The number of carbonyl (C=O) groups is 1. The standard InChI is InChI=1S/C13H15N3O3/c14-12-15-6-7-16(12)8-13(9-17,11(18)19)10-4-2-1-3-5-10/h1-7,17H,8-9H2,(H2,14,15)(H,18,19)/t13-/m0/s1. The number of aliphatic carboxylic acids is 1. The lowest BCUT2D eigenvalue weighted by Crippen LogP contribution is -2.43. The molecule has 1 aromatic heterocycles. The van der Waals surface area contributed by atoms with Crippen LogP contribution >= 0.6 is 0 Å². The first-order valence-electron chi connectivity index (χ1n) is 5.76. The maximum Gasteiger partial charge on any atom is 0.318 e. The van der Waals surface area contributed by atoms with Crippen LogP contribution < -0.4 is 5.73 Å². The van der Waals surface area contributed by atoms with E-state index in [2.05, 4.69) is 4.98 Å². The molecule has 0 amide bonds. The summed E-state index contributed by atoms with van der Waals surface area (Å²) in [6.45, 7) is -0.501. The lowest BCUT2D eigenvalue weighted by atomic mass is 9.81. The number of nitrogens with zero attached hydrogens (tertiary/aromatic N) is 2. The summed E-state index contributed by atoms with van der Waals surface area (Å²) in [6, 6.07) is 8.62. The SMILES string of the molecule is Nc1nccn1C[C@@](CO)(C(=O)O)c1ccccc1. The van der Waals surface area contributed by atoms with Gasteiger partial charge in [0, 0.05) is 18.9 Å². The number of aliphatic hydroxyl groups excluding tert-OH is 1. The predicted molar refractivity (Wildman–Crippen MR) is 69.5 cm³/mol. The van der Waals surface area contributed by atoms with Gasteiger partial charge in [-0.2, -0.15) is 0 Å². The molecule has 6 heteroatoms. The fraction of sp³-hybridized carbons (Fsp3) is 0.231. The van der Waals surface area contributed by atoms with Crippen molar-refractivity contribution in [3.63, 3.8) is 0 Å². The molecule has 0 fully saturated rings. The maximum absolute atomic E-state index is 11.7. The molecule has 0 bridgehead atoms. The van der Waals surface area contributed by atoms with Crippen molar-refractivity contribution in [2.24, 2.45) is 0 Å². The number of carboxylic acid groups (broad SMARTS) is 1. The smallest absolute Gasteiger partial charge is 0.318 e. The van der Waals surface area contributed by atoms with Crippen LogP contribution in [-0.2, 0) is 16.8 Å². The molecule has 100 valence electrons. The Morgan fingerprint density at radius 2 is 2.05 bits per heavy atom. The minimum Gasteiger partial charge on any atom is -0.480 e. The van der Waals surface area contributed by atoms with Gasteiger partial charge in [-0.15, -0.1) is 0 Å². The fourth-order valence-electron chi connectivity index (χ4n) is 2.01. The Kier molecular flexibility index (Phi) is 3.52. The number of nitrogen functional groups attached to an aromatic ring is 1. The van der Waals surface area contributed by atoms with E-state index in [1.54, 1.807) is 36.5 Å². The first kappa shape index (κ1) is 13.1. The minimum atomic E-state index is -1.43. The predicted octanol–water partition coefficient (Wildman–Crippen LogP) is 0.480. The van der Waals surface area contributed by atoms with E-state index in [-0.39, 0.29) is 12.5 Å². The maximum atomic E-state index is 11.7. The quantitative estimate of drug-likeness (QED) is 0.726. The van der Waals surface area contributed by atoms with Gasteiger partial charge in [0.25, 0.3) is 0 Å². The van der Waals surface area contributed by atoms with E-state index < -0.39 is 18.0 Å². The second kappa shape index (κ2) is 5.11. The molecule has 6 nitrogen and oxygen atoms in total. The summed E-state index contributed by atoms with van der Waals surface area (Å²) >= 11 is 0. The molecule has 0 aliphatic heterocycles. The largest absolute Gasteiger partial charge is 0.480 e. The summed E-state index contributed by atoms with van der Waals surface area (Å²) in [5.74, 6) is -0.885. The van der Waals surface area contributed by atoms with Gasteiger partial charge >= 0.3 is 5.97 Å². The van der Waals surface area contributed by atoms with Crippen LogP contribution in [0, 0.1) is 0 Å². The Morgan fingerprint density at radius 3 is 2.53 bits per heavy atom. The number of anilines is 1. The molecular weight excluding hydrogens is 246 g/mol. The van der Waals surface area contributed by atoms with E-state index in [0.29, 0.717) is 5.56 Å². The van der Waals surface area contributed by atoms with Crippen LogP contribution in [0.1, 0.15) is 5.56 Å². The highest BCUT2D eigenvalue weighted by atomic mass is 16.4. The third kappa shape index (κ3) is 2.30. The number of hydrogen-bond acceptors (Lipinski definition) is 4. The molecule has 4 N–H and O–H groups in total. The lowest BCUT2D eigenvalue weighted by molar-refractivity contribution is -0.146. The van der Waals surface area contributed by atoms with Crippen LogP contribution in [0.25, 0.3) is 0 Å². The average molecular weight is 261 g/mol. The van der Waals surface area contributed by atoms with E-state index >= 15 is 0 Å². The van der Waals surface area contributed by atoms with Gasteiger partial charge in [-0.3, -0.25) is 4.79 Å². The van der Waals surface area contributed by atoms with Crippen LogP contribution in [-0.4, -0.2) is 32.3 Å². The molecule has 19 heavy (non-hydrogen) atoms. The molecule has 2 rings (SSSR count). The normalized spacial score (nSPS) is 13.9. The number of nitrogens with two attached hydrogens (primary N) is 1. The zero-order chi connectivity index (χ0) is 13.9. The molecule has 0 aliphatic carbocycles. The highest BCUT2D eigenvalue weighted by Gasteiger charge is 2.40. The number of aromatic nitrogens is 2. The lowest BCUT2D eigenvalue weighted by Gasteiger charge is -2.28. The first-order valence-corrected chi connectivity index (χ1v) is 5.76. The van der Waals surface area contributed by atoms with Gasteiger partial charge in [-0.05, 0) is 5.56 Å². The van der Waals surface area contributed by atoms with Gasteiger partial charge in [0.15, 0.2) is 5.95 Å². The van der Waals surface area contributed by atoms with Crippen molar-refractivity contribution in [1.29, 1.82) is 0 Å². The number of carboxylic acids is 1. The summed E-state index contributed by atoms with van der Waals surface area (Å²) in [5, 5.41) is 19.2. The van der Waals surface area contributed by atoms with E-state index in [1.807, 2.05) is 0 Å².